The van der Waals surface area contributed by atoms with Crippen LogP contribution in [-0.2, 0) is 0 Å². The van der Waals surface area contributed by atoms with E-state index in [-0.39, 0.29) is 7.14 Å². The van der Waals surface area contributed by atoms with Crippen LogP contribution in [0, 0.1) is 52.5 Å². The summed E-state index contributed by atoms with van der Waals surface area (Å²) < 4.78 is 82.4. The lowest BCUT2D eigenvalue weighted by atomic mass is 10.0. The Labute approximate surface area is 162 Å². The van der Waals surface area contributed by atoms with Crippen molar-refractivity contribution < 1.29 is 26.3 Å². The summed E-state index contributed by atoms with van der Waals surface area (Å²) in [6.45, 7) is 0.880. The van der Waals surface area contributed by atoms with Gasteiger partial charge < -0.3 is 0 Å². The summed E-state index contributed by atoms with van der Waals surface area (Å²) in [5.41, 5.74) is -2.29. The predicted octanol–water partition coefficient (Wildman–Crippen LogP) is 6.31. The molecule has 9 heteroatoms. The van der Waals surface area contributed by atoms with E-state index in [9.17, 15) is 26.3 Å². The molecular formula is C13H3F6I3. The molecule has 0 N–H and O–H groups in total. The SMILES string of the molecule is Cc1c(F)c(F)c(-c2c(I)c(F)c(F)c(I)c2I)c(F)c1F. The third-order valence-corrected chi connectivity index (χ3v) is 7.08. The van der Waals surface area contributed by atoms with E-state index in [0.29, 0.717) is 0 Å². The van der Waals surface area contributed by atoms with Gasteiger partial charge in [-0.25, -0.2) is 26.3 Å². The molecule has 118 valence electrons. The van der Waals surface area contributed by atoms with Crippen molar-refractivity contribution in [3.63, 3.8) is 0 Å². The van der Waals surface area contributed by atoms with E-state index < -0.39 is 55.2 Å². The van der Waals surface area contributed by atoms with E-state index in [1.165, 1.54) is 45.2 Å². The molecule has 0 aromatic heterocycles. The highest BCUT2D eigenvalue weighted by Crippen LogP contribution is 2.40. The minimum atomic E-state index is -1.64. The van der Waals surface area contributed by atoms with Gasteiger partial charge in [-0.15, -0.1) is 0 Å². The predicted molar refractivity (Wildman–Crippen MR) is 94.5 cm³/mol. The van der Waals surface area contributed by atoms with Crippen LogP contribution in [0.2, 0.25) is 0 Å². The average Bonchev–Trinajstić information content (AvgIpc) is 2.50. The molecular weight excluding hydrogens is 651 g/mol. The van der Waals surface area contributed by atoms with Gasteiger partial charge in [0.2, 0.25) is 0 Å². The fourth-order valence-corrected chi connectivity index (χ4v) is 4.36. The molecule has 0 unspecified atom stereocenters. The highest BCUT2D eigenvalue weighted by Gasteiger charge is 2.30. The number of benzene rings is 2. The number of hydrogen-bond acceptors (Lipinski definition) is 0. The fraction of sp³-hybridized carbons (Fsp3) is 0.0769. The van der Waals surface area contributed by atoms with E-state index in [4.69, 9.17) is 0 Å². The first kappa shape index (κ1) is 18.5. The maximum Gasteiger partial charge on any atom is 0.174 e. The van der Waals surface area contributed by atoms with Crippen molar-refractivity contribution in [2.75, 3.05) is 0 Å². The summed E-state index contributed by atoms with van der Waals surface area (Å²) in [7, 11) is 0. The first-order valence-electron chi connectivity index (χ1n) is 5.45. The molecule has 2 rings (SSSR count). The van der Waals surface area contributed by atoms with Gasteiger partial charge in [0.05, 0.1) is 12.7 Å². The Hall–Kier alpha value is 0.210. The lowest BCUT2D eigenvalue weighted by molar-refractivity contribution is 0.448. The maximum absolute atomic E-state index is 14.1. The summed E-state index contributed by atoms with van der Waals surface area (Å²) in [6, 6.07) is 0. The van der Waals surface area contributed by atoms with Crippen molar-refractivity contribution in [2.45, 2.75) is 6.92 Å². The quantitative estimate of drug-likeness (QED) is 0.147. The Morgan fingerprint density at radius 2 is 0.909 bits per heavy atom. The van der Waals surface area contributed by atoms with Gasteiger partial charge in [-0.3, -0.25) is 0 Å². The first-order valence-corrected chi connectivity index (χ1v) is 8.69. The topological polar surface area (TPSA) is 0 Å². The van der Waals surface area contributed by atoms with Gasteiger partial charge >= 0.3 is 0 Å². The summed E-state index contributed by atoms with van der Waals surface area (Å²) in [6.07, 6.45) is 0. The van der Waals surface area contributed by atoms with Gasteiger partial charge in [0, 0.05) is 14.7 Å². The van der Waals surface area contributed by atoms with Gasteiger partial charge in [0.15, 0.2) is 34.9 Å². The smallest absolute Gasteiger partial charge is 0.174 e. The normalized spacial score (nSPS) is 11.2. The molecule has 0 heterocycles. The van der Waals surface area contributed by atoms with E-state index in [2.05, 4.69) is 0 Å². The second kappa shape index (κ2) is 6.61. The zero-order valence-electron chi connectivity index (χ0n) is 10.4. The van der Waals surface area contributed by atoms with Gasteiger partial charge in [-0.05, 0) is 74.7 Å². The molecule has 0 aliphatic rings. The van der Waals surface area contributed by atoms with Crippen molar-refractivity contribution >= 4 is 67.8 Å². The van der Waals surface area contributed by atoms with Crippen molar-refractivity contribution in [2.24, 2.45) is 0 Å². The zero-order chi connectivity index (χ0) is 16.9. The molecule has 0 nitrogen and oxygen atoms in total. The van der Waals surface area contributed by atoms with Crippen LogP contribution in [-0.4, -0.2) is 0 Å². The van der Waals surface area contributed by atoms with Gasteiger partial charge in [-0.2, -0.15) is 0 Å². The molecule has 0 amide bonds. The Balaban J connectivity index is 3.03. The third-order valence-electron chi connectivity index (χ3n) is 2.94. The molecule has 0 atom stereocenters. The summed E-state index contributed by atoms with van der Waals surface area (Å²) in [5.74, 6) is -8.95. The minimum Gasteiger partial charge on any atom is -0.203 e. The van der Waals surface area contributed by atoms with Crippen molar-refractivity contribution in [1.29, 1.82) is 0 Å². The average molecular weight is 654 g/mol. The van der Waals surface area contributed by atoms with Crippen LogP contribution >= 0.6 is 67.8 Å². The highest BCUT2D eigenvalue weighted by atomic mass is 127. The Kier molecular flexibility index (Phi) is 5.57. The molecule has 0 aliphatic heterocycles. The van der Waals surface area contributed by atoms with Gasteiger partial charge in [0.25, 0.3) is 0 Å². The molecule has 0 saturated carbocycles. The van der Waals surface area contributed by atoms with Crippen molar-refractivity contribution in [3.8, 4) is 11.1 Å². The maximum atomic E-state index is 14.1. The Morgan fingerprint density at radius 3 is 1.36 bits per heavy atom. The van der Waals surface area contributed by atoms with Crippen LogP contribution in [0.25, 0.3) is 11.1 Å². The minimum absolute atomic E-state index is 0.0399. The van der Waals surface area contributed by atoms with Crippen LogP contribution in [0.1, 0.15) is 5.56 Å². The Bertz CT molecular complexity index is 678. The summed E-state index contributed by atoms with van der Waals surface area (Å²) in [4.78, 5) is 0. The zero-order valence-corrected chi connectivity index (χ0v) is 16.9. The second-order valence-corrected chi connectivity index (χ2v) is 7.44. The Morgan fingerprint density at radius 1 is 0.500 bits per heavy atom. The largest absolute Gasteiger partial charge is 0.203 e. The molecule has 2 aromatic carbocycles. The second-order valence-electron chi connectivity index (χ2n) is 4.20. The monoisotopic (exact) mass is 654 g/mol. The third kappa shape index (κ3) is 2.74. The van der Waals surface area contributed by atoms with E-state index in [0.717, 1.165) is 6.92 Å². The van der Waals surface area contributed by atoms with Crippen LogP contribution in [0.5, 0.6) is 0 Å². The van der Waals surface area contributed by atoms with E-state index in [1.54, 1.807) is 22.6 Å². The molecule has 0 fully saturated rings. The molecule has 0 aliphatic carbocycles. The summed E-state index contributed by atoms with van der Waals surface area (Å²) in [5, 5.41) is 0. The lowest BCUT2D eigenvalue weighted by Gasteiger charge is -2.15. The van der Waals surface area contributed by atoms with Gasteiger partial charge in [0.1, 0.15) is 0 Å². The lowest BCUT2D eigenvalue weighted by Crippen LogP contribution is -2.08. The van der Waals surface area contributed by atoms with Gasteiger partial charge in [-0.1, -0.05) is 0 Å². The molecule has 0 spiro atoms. The molecule has 0 saturated heterocycles. The molecule has 0 bridgehead atoms. The number of hydrogen-bond donors (Lipinski definition) is 0. The van der Waals surface area contributed by atoms with Crippen LogP contribution in [0.3, 0.4) is 0 Å². The van der Waals surface area contributed by atoms with E-state index >= 15 is 0 Å². The van der Waals surface area contributed by atoms with Crippen molar-refractivity contribution in [3.05, 3.63) is 51.2 Å². The first-order chi connectivity index (χ1) is 10.1. The van der Waals surface area contributed by atoms with Crippen LogP contribution in [0.15, 0.2) is 0 Å². The number of rotatable bonds is 1. The fourth-order valence-electron chi connectivity index (χ4n) is 1.79. The van der Waals surface area contributed by atoms with E-state index in [1.807, 2.05) is 0 Å². The highest BCUT2D eigenvalue weighted by molar-refractivity contribution is 14.1. The van der Waals surface area contributed by atoms with Crippen molar-refractivity contribution in [1.82, 2.24) is 0 Å². The molecule has 2 aromatic rings. The van der Waals surface area contributed by atoms with Crippen LogP contribution < -0.4 is 0 Å². The molecule has 22 heavy (non-hydrogen) atoms. The van der Waals surface area contributed by atoms with Crippen LogP contribution in [0.4, 0.5) is 26.3 Å². The summed E-state index contributed by atoms with van der Waals surface area (Å²) >= 11 is 4.34. The molecule has 0 radical (unpaired) electrons. The standard InChI is InChI=1S/C13H3F6I3/c1-2-5(14)7(16)3(8(17)6(2)15)4-11(20)9(18)10(19)13(22)12(4)21/h1H3. The number of halogens is 9.